The van der Waals surface area contributed by atoms with Crippen LogP contribution < -0.4 is 16.4 Å². The van der Waals surface area contributed by atoms with Crippen LogP contribution in [0.5, 0.6) is 0 Å². The van der Waals surface area contributed by atoms with Crippen LogP contribution in [-0.4, -0.2) is 36.9 Å². The molecule has 0 saturated carbocycles. The summed E-state index contributed by atoms with van der Waals surface area (Å²) >= 11 is 0. The van der Waals surface area contributed by atoms with E-state index in [1.807, 2.05) is 12.1 Å². The van der Waals surface area contributed by atoms with Gasteiger partial charge in [0.15, 0.2) is 5.96 Å². The number of nitrogens with zero attached hydrogens (tertiary/aromatic N) is 2. The molecule has 1 amide bonds. The minimum atomic E-state index is -0.199. The zero-order valence-electron chi connectivity index (χ0n) is 18.3. The number of amides is 1. The number of carbonyl (C=O) groups is 1. The van der Waals surface area contributed by atoms with Gasteiger partial charge in [-0.2, -0.15) is 0 Å². The Morgan fingerprint density at radius 2 is 1.87 bits per heavy atom. The molecule has 3 rings (SSSR count). The van der Waals surface area contributed by atoms with Crippen LogP contribution in [-0.2, 0) is 24.4 Å². The van der Waals surface area contributed by atoms with Gasteiger partial charge in [-0.15, -0.1) is 0 Å². The Kier molecular flexibility index (Phi) is 8.00. The second-order valence-corrected chi connectivity index (χ2v) is 8.16. The minimum Gasteiger partial charge on any atom is -0.369 e. The topological polar surface area (TPSA) is 82.8 Å². The number of piperidine rings is 1. The van der Waals surface area contributed by atoms with Crippen LogP contribution in [0, 0.1) is 18.7 Å². The molecule has 1 fully saturated rings. The zero-order valence-corrected chi connectivity index (χ0v) is 18.3. The molecule has 1 saturated heterocycles. The molecule has 6 nitrogen and oxygen atoms in total. The maximum atomic E-state index is 13.7. The van der Waals surface area contributed by atoms with Crippen molar-refractivity contribution in [2.75, 3.05) is 20.1 Å². The number of likely N-dealkylation sites (tertiary alicyclic amines) is 1. The first kappa shape index (κ1) is 22.7. The number of primary amides is 1. The van der Waals surface area contributed by atoms with Gasteiger partial charge in [0.05, 0.1) is 5.92 Å². The second-order valence-electron chi connectivity index (χ2n) is 8.16. The highest BCUT2D eigenvalue weighted by Gasteiger charge is 2.23. The average Bonchev–Trinajstić information content (AvgIpc) is 2.76. The number of halogens is 1. The quantitative estimate of drug-likeness (QED) is 0.471. The molecule has 1 aliphatic rings. The third kappa shape index (κ3) is 6.79. The lowest BCUT2D eigenvalue weighted by Gasteiger charge is -2.31. The van der Waals surface area contributed by atoms with E-state index in [1.165, 1.54) is 5.56 Å². The van der Waals surface area contributed by atoms with E-state index in [2.05, 4.69) is 38.7 Å². The standard InChI is InChI=1S/C24H32FN5O/c1-17-8-9-19(12-22(17)25)14-29-24(27-2)28-13-18-5-3-6-20(11-18)15-30-10-4-7-21(16-30)23(26)31/h3,5-6,8-9,11-12,21H,4,7,10,13-16H2,1-2H3,(H2,26,31)(H2,27,28,29). The number of aliphatic imine (C=N–C) groups is 1. The van der Waals surface area contributed by atoms with Crippen molar-refractivity contribution in [3.8, 4) is 0 Å². The van der Waals surface area contributed by atoms with Gasteiger partial charge in [0.1, 0.15) is 5.82 Å². The fourth-order valence-electron chi connectivity index (χ4n) is 3.87. The minimum absolute atomic E-state index is 0.0463. The first-order valence-corrected chi connectivity index (χ1v) is 10.7. The number of guanidine groups is 1. The van der Waals surface area contributed by atoms with E-state index < -0.39 is 0 Å². The summed E-state index contributed by atoms with van der Waals surface area (Å²) in [4.78, 5) is 18.1. The summed E-state index contributed by atoms with van der Waals surface area (Å²) in [6.45, 7) is 5.40. The first-order chi connectivity index (χ1) is 14.9. The van der Waals surface area contributed by atoms with Crippen LogP contribution in [0.15, 0.2) is 47.5 Å². The number of nitrogens with two attached hydrogens (primary N) is 1. The first-order valence-electron chi connectivity index (χ1n) is 10.7. The fourth-order valence-corrected chi connectivity index (χ4v) is 3.87. The Balaban J connectivity index is 1.51. The molecule has 0 spiro atoms. The lowest BCUT2D eigenvalue weighted by Crippen LogP contribution is -2.40. The second kappa shape index (κ2) is 10.9. The Hall–Kier alpha value is -2.93. The highest BCUT2D eigenvalue weighted by molar-refractivity contribution is 5.79. The smallest absolute Gasteiger partial charge is 0.221 e. The summed E-state index contributed by atoms with van der Waals surface area (Å²) in [6, 6.07) is 13.6. The van der Waals surface area contributed by atoms with Gasteiger partial charge in [-0.1, -0.05) is 36.4 Å². The van der Waals surface area contributed by atoms with Crippen molar-refractivity contribution < 1.29 is 9.18 Å². The third-order valence-corrected chi connectivity index (χ3v) is 5.69. The van der Waals surface area contributed by atoms with Crippen LogP contribution in [0.4, 0.5) is 4.39 Å². The van der Waals surface area contributed by atoms with E-state index in [0.717, 1.165) is 43.6 Å². The Labute approximate surface area is 183 Å². The number of carbonyl (C=O) groups excluding carboxylic acids is 1. The van der Waals surface area contributed by atoms with Gasteiger partial charge in [-0.05, 0) is 54.6 Å². The molecule has 7 heteroatoms. The number of hydrogen-bond donors (Lipinski definition) is 3. The molecular formula is C24H32FN5O. The number of hydrogen-bond acceptors (Lipinski definition) is 3. The summed E-state index contributed by atoms with van der Waals surface area (Å²) < 4.78 is 13.7. The molecule has 1 heterocycles. The molecule has 1 aliphatic heterocycles. The maximum absolute atomic E-state index is 13.7. The predicted octanol–water partition coefficient (Wildman–Crippen LogP) is 2.70. The molecule has 0 radical (unpaired) electrons. The van der Waals surface area contributed by atoms with E-state index in [1.54, 1.807) is 26.1 Å². The summed E-state index contributed by atoms with van der Waals surface area (Å²) in [7, 11) is 1.72. The van der Waals surface area contributed by atoms with Crippen LogP contribution in [0.1, 0.15) is 35.1 Å². The average molecular weight is 426 g/mol. The molecule has 2 aromatic rings. The van der Waals surface area contributed by atoms with Crippen LogP contribution in [0.25, 0.3) is 0 Å². The van der Waals surface area contributed by atoms with E-state index in [0.29, 0.717) is 24.6 Å². The van der Waals surface area contributed by atoms with Gasteiger partial charge in [-0.3, -0.25) is 14.7 Å². The Bertz CT molecular complexity index is 930. The van der Waals surface area contributed by atoms with Crippen molar-refractivity contribution in [3.05, 3.63) is 70.5 Å². The maximum Gasteiger partial charge on any atom is 0.221 e. The summed E-state index contributed by atoms with van der Waals surface area (Å²) in [5.74, 6) is 0.214. The molecule has 0 aromatic heterocycles. The van der Waals surface area contributed by atoms with Crippen molar-refractivity contribution in [2.45, 2.75) is 39.4 Å². The third-order valence-electron chi connectivity index (χ3n) is 5.69. The van der Waals surface area contributed by atoms with E-state index in [4.69, 9.17) is 5.73 Å². The van der Waals surface area contributed by atoms with Gasteiger partial charge in [0.2, 0.25) is 5.91 Å². The van der Waals surface area contributed by atoms with Gasteiger partial charge < -0.3 is 16.4 Å². The number of aryl methyl sites for hydroxylation is 1. The monoisotopic (exact) mass is 425 g/mol. The fraction of sp³-hybridized carbons (Fsp3) is 0.417. The SMILES string of the molecule is CN=C(NCc1cccc(CN2CCCC(C(N)=O)C2)c1)NCc1ccc(C)c(F)c1. The highest BCUT2D eigenvalue weighted by Crippen LogP contribution is 2.18. The molecule has 1 atom stereocenters. The molecular weight excluding hydrogens is 393 g/mol. The van der Waals surface area contributed by atoms with Crippen LogP contribution in [0.3, 0.4) is 0 Å². The highest BCUT2D eigenvalue weighted by atomic mass is 19.1. The van der Waals surface area contributed by atoms with Crippen molar-refractivity contribution in [3.63, 3.8) is 0 Å². The van der Waals surface area contributed by atoms with Gasteiger partial charge in [0.25, 0.3) is 0 Å². The molecule has 31 heavy (non-hydrogen) atoms. The normalized spacial score (nSPS) is 17.4. The lowest BCUT2D eigenvalue weighted by atomic mass is 9.97. The largest absolute Gasteiger partial charge is 0.369 e. The summed E-state index contributed by atoms with van der Waals surface area (Å²) in [6.07, 6.45) is 1.89. The predicted molar refractivity (Wildman–Crippen MR) is 122 cm³/mol. The molecule has 166 valence electrons. The molecule has 0 bridgehead atoms. The molecule has 1 unspecified atom stereocenters. The van der Waals surface area contributed by atoms with Crippen LogP contribution in [0.2, 0.25) is 0 Å². The Morgan fingerprint density at radius 3 is 2.55 bits per heavy atom. The van der Waals surface area contributed by atoms with E-state index in [-0.39, 0.29) is 17.6 Å². The van der Waals surface area contributed by atoms with Crippen molar-refractivity contribution in [2.24, 2.45) is 16.6 Å². The Morgan fingerprint density at radius 1 is 1.16 bits per heavy atom. The van der Waals surface area contributed by atoms with Crippen molar-refractivity contribution >= 4 is 11.9 Å². The summed E-state index contributed by atoms with van der Waals surface area (Å²) in [5.41, 5.74) is 9.35. The van der Waals surface area contributed by atoms with Gasteiger partial charge >= 0.3 is 0 Å². The molecule has 2 aromatic carbocycles. The summed E-state index contributed by atoms with van der Waals surface area (Å²) in [5, 5.41) is 6.52. The van der Waals surface area contributed by atoms with Crippen LogP contribution >= 0.6 is 0 Å². The van der Waals surface area contributed by atoms with Crippen molar-refractivity contribution in [1.29, 1.82) is 0 Å². The van der Waals surface area contributed by atoms with E-state index in [9.17, 15) is 9.18 Å². The number of rotatable bonds is 7. The molecule has 0 aliphatic carbocycles. The molecule has 4 N–H and O–H groups in total. The zero-order chi connectivity index (χ0) is 22.2. The van der Waals surface area contributed by atoms with E-state index >= 15 is 0 Å². The number of benzene rings is 2. The van der Waals surface area contributed by atoms with Gasteiger partial charge in [0, 0.05) is 33.2 Å². The van der Waals surface area contributed by atoms with Crippen molar-refractivity contribution in [1.82, 2.24) is 15.5 Å². The lowest BCUT2D eigenvalue weighted by molar-refractivity contribution is -0.123. The number of nitrogens with one attached hydrogen (secondary N) is 2. The van der Waals surface area contributed by atoms with Gasteiger partial charge in [-0.25, -0.2) is 4.39 Å².